The number of nitrogens with one attached hydrogen (secondary N) is 1. The largest absolute Gasteiger partial charge is 0.449 e. The van der Waals surface area contributed by atoms with Gasteiger partial charge in [0.2, 0.25) is 0 Å². The van der Waals surface area contributed by atoms with Gasteiger partial charge < -0.3 is 10.1 Å². The van der Waals surface area contributed by atoms with Gasteiger partial charge in [0.25, 0.3) is 11.6 Å². The normalized spacial score (nSPS) is 16.8. The maximum absolute atomic E-state index is 12.3. The van der Waals surface area contributed by atoms with Crippen molar-refractivity contribution in [2.24, 2.45) is 0 Å². The molecular formula is C17H18ClN3O5. The molecule has 9 heteroatoms. The van der Waals surface area contributed by atoms with E-state index in [2.05, 4.69) is 11.4 Å². The molecule has 138 valence electrons. The number of ether oxygens (including phenoxy) is 1. The zero-order valence-electron chi connectivity index (χ0n) is 14.2. The molecule has 0 aromatic heterocycles. The number of nitriles is 1. The molecule has 0 saturated heterocycles. The molecule has 1 N–H and O–H groups in total. The van der Waals surface area contributed by atoms with Crippen molar-refractivity contribution in [2.45, 2.75) is 50.7 Å². The van der Waals surface area contributed by atoms with E-state index in [1.807, 2.05) is 0 Å². The summed E-state index contributed by atoms with van der Waals surface area (Å²) in [5.74, 6) is -1.54. The van der Waals surface area contributed by atoms with Gasteiger partial charge in [-0.05, 0) is 25.8 Å². The second-order valence-corrected chi connectivity index (χ2v) is 6.62. The van der Waals surface area contributed by atoms with Crippen LogP contribution < -0.4 is 5.32 Å². The number of carbonyl (C=O) groups excluding carboxylic acids is 2. The van der Waals surface area contributed by atoms with Crippen molar-refractivity contribution in [2.75, 3.05) is 0 Å². The number of carbonyl (C=O) groups is 2. The Kier molecular flexibility index (Phi) is 6.16. The van der Waals surface area contributed by atoms with E-state index < -0.39 is 28.4 Å². The lowest BCUT2D eigenvalue weighted by molar-refractivity contribution is -0.384. The second kappa shape index (κ2) is 8.15. The molecule has 0 heterocycles. The fourth-order valence-electron chi connectivity index (χ4n) is 2.82. The molecule has 1 amide bonds. The molecular weight excluding hydrogens is 362 g/mol. The summed E-state index contributed by atoms with van der Waals surface area (Å²) >= 11 is 5.89. The molecule has 8 nitrogen and oxygen atoms in total. The Morgan fingerprint density at radius 2 is 2.04 bits per heavy atom. The summed E-state index contributed by atoms with van der Waals surface area (Å²) in [6.45, 7) is 1.37. The molecule has 0 radical (unpaired) electrons. The monoisotopic (exact) mass is 379 g/mol. The van der Waals surface area contributed by atoms with Crippen molar-refractivity contribution >= 4 is 29.2 Å². The number of nitro groups is 1. The summed E-state index contributed by atoms with van der Waals surface area (Å²) in [6.07, 6.45) is 2.61. The summed E-state index contributed by atoms with van der Waals surface area (Å²) < 4.78 is 5.08. The van der Waals surface area contributed by atoms with Crippen molar-refractivity contribution in [3.63, 3.8) is 0 Å². The number of esters is 1. The highest BCUT2D eigenvalue weighted by molar-refractivity contribution is 6.33. The van der Waals surface area contributed by atoms with Gasteiger partial charge in [-0.2, -0.15) is 5.26 Å². The van der Waals surface area contributed by atoms with Crippen molar-refractivity contribution in [3.8, 4) is 6.07 Å². The van der Waals surface area contributed by atoms with Gasteiger partial charge in [0.05, 0.1) is 21.6 Å². The van der Waals surface area contributed by atoms with Crippen LogP contribution in [0.1, 0.15) is 49.4 Å². The van der Waals surface area contributed by atoms with Crippen LogP contribution in [0.4, 0.5) is 5.69 Å². The lowest BCUT2D eigenvalue weighted by Gasteiger charge is -2.32. The Morgan fingerprint density at radius 1 is 1.38 bits per heavy atom. The van der Waals surface area contributed by atoms with E-state index >= 15 is 0 Å². The fourth-order valence-corrected chi connectivity index (χ4v) is 3.01. The summed E-state index contributed by atoms with van der Waals surface area (Å²) in [7, 11) is 0. The van der Waals surface area contributed by atoms with E-state index in [0.717, 1.165) is 31.4 Å². The minimum absolute atomic E-state index is 0.0195. The number of nitro benzene ring substituents is 1. The predicted octanol–water partition coefficient (Wildman–Crippen LogP) is 3.14. The van der Waals surface area contributed by atoms with Crippen molar-refractivity contribution in [1.82, 2.24) is 5.32 Å². The van der Waals surface area contributed by atoms with Gasteiger partial charge >= 0.3 is 5.97 Å². The number of halogens is 1. The first-order valence-electron chi connectivity index (χ1n) is 8.16. The van der Waals surface area contributed by atoms with E-state index in [1.54, 1.807) is 0 Å². The summed E-state index contributed by atoms with van der Waals surface area (Å²) in [4.78, 5) is 34.7. The van der Waals surface area contributed by atoms with Crippen LogP contribution in [0.15, 0.2) is 18.2 Å². The van der Waals surface area contributed by atoms with Gasteiger partial charge in [0, 0.05) is 12.1 Å². The number of amides is 1. The second-order valence-electron chi connectivity index (χ2n) is 6.21. The molecule has 1 aliphatic carbocycles. The van der Waals surface area contributed by atoms with Gasteiger partial charge in [-0.25, -0.2) is 4.79 Å². The van der Waals surface area contributed by atoms with Crippen LogP contribution in [-0.2, 0) is 9.53 Å². The molecule has 2 rings (SSSR count). The third-order valence-electron chi connectivity index (χ3n) is 4.32. The van der Waals surface area contributed by atoms with Crippen LogP contribution in [0.5, 0.6) is 0 Å². The van der Waals surface area contributed by atoms with Crippen LogP contribution in [0, 0.1) is 21.4 Å². The van der Waals surface area contributed by atoms with Crippen LogP contribution in [-0.4, -0.2) is 28.4 Å². The number of nitrogens with zero attached hydrogens (tertiary/aromatic N) is 2. The van der Waals surface area contributed by atoms with E-state index in [1.165, 1.54) is 13.0 Å². The Hall–Kier alpha value is -2.66. The smallest absolute Gasteiger partial charge is 0.340 e. The van der Waals surface area contributed by atoms with Gasteiger partial charge in [-0.1, -0.05) is 30.9 Å². The Morgan fingerprint density at radius 3 is 2.62 bits per heavy atom. The molecule has 0 unspecified atom stereocenters. The van der Waals surface area contributed by atoms with E-state index in [0.29, 0.717) is 12.8 Å². The fraction of sp³-hybridized carbons (Fsp3) is 0.471. The SMILES string of the molecule is C[C@H](OC(=O)c1cc([N+](=O)[O-])ccc1Cl)C(=O)NC1(C#N)CCCCC1. The zero-order chi connectivity index (χ0) is 19.3. The number of hydrogen-bond acceptors (Lipinski definition) is 6. The third kappa shape index (κ3) is 4.49. The molecule has 0 aliphatic heterocycles. The maximum atomic E-state index is 12.3. The first kappa shape index (κ1) is 19.7. The molecule has 1 fully saturated rings. The van der Waals surface area contributed by atoms with Gasteiger partial charge in [0.15, 0.2) is 6.10 Å². The number of hydrogen-bond donors (Lipinski definition) is 1. The minimum atomic E-state index is -1.18. The van der Waals surface area contributed by atoms with Gasteiger partial charge in [0.1, 0.15) is 5.54 Å². The molecule has 1 atom stereocenters. The molecule has 1 aromatic rings. The van der Waals surface area contributed by atoms with Crippen molar-refractivity contribution in [1.29, 1.82) is 5.26 Å². The molecule has 1 aromatic carbocycles. The van der Waals surface area contributed by atoms with Gasteiger partial charge in [-0.15, -0.1) is 0 Å². The van der Waals surface area contributed by atoms with E-state index in [9.17, 15) is 25.0 Å². The highest BCUT2D eigenvalue weighted by atomic mass is 35.5. The highest BCUT2D eigenvalue weighted by Crippen LogP contribution is 2.28. The number of benzene rings is 1. The standard InChI is InChI=1S/C17H18ClN3O5/c1-11(15(22)20-17(10-19)7-3-2-4-8-17)26-16(23)13-9-12(21(24)25)5-6-14(13)18/h5-6,9,11H,2-4,7-8H2,1H3,(H,20,22)/t11-/m0/s1. The average Bonchev–Trinajstić information content (AvgIpc) is 2.62. The molecule has 26 heavy (non-hydrogen) atoms. The van der Waals surface area contributed by atoms with E-state index in [4.69, 9.17) is 16.3 Å². The Bertz CT molecular complexity index is 768. The van der Waals surface area contributed by atoms with Crippen molar-refractivity contribution in [3.05, 3.63) is 38.9 Å². The zero-order valence-corrected chi connectivity index (χ0v) is 14.9. The summed E-state index contributed by atoms with van der Waals surface area (Å²) in [5.41, 5.74) is -1.46. The Balaban J connectivity index is 2.07. The topological polar surface area (TPSA) is 122 Å². The predicted molar refractivity (Wildman–Crippen MR) is 92.6 cm³/mol. The van der Waals surface area contributed by atoms with Crippen LogP contribution in [0.3, 0.4) is 0 Å². The third-order valence-corrected chi connectivity index (χ3v) is 4.65. The van der Waals surface area contributed by atoms with Gasteiger partial charge in [-0.3, -0.25) is 14.9 Å². The summed E-state index contributed by atoms with van der Waals surface area (Å²) in [6, 6.07) is 5.52. The Labute approximate surface area is 155 Å². The molecule has 0 bridgehead atoms. The lowest BCUT2D eigenvalue weighted by atomic mass is 9.83. The number of rotatable bonds is 5. The number of non-ortho nitro benzene ring substituents is 1. The lowest BCUT2D eigenvalue weighted by Crippen LogP contribution is -2.52. The average molecular weight is 380 g/mol. The maximum Gasteiger partial charge on any atom is 0.340 e. The molecule has 0 spiro atoms. The quantitative estimate of drug-likeness (QED) is 0.476. The minimum Gasteiger partial charge on any atom is -0.449 e. The van der Waals surface area contributed by atoms with Crippen molar-refractivity contribution < 1.29 is 19.2 Å². The first-order chi connectivity index (χ1) is 12.3. The molecule has 1 aliphatic rings. The van der Waals surface area contributed by atoms with Crippen LogP contribution in [0.2, 0.25) is 5.02 Å². The first-order valence-corrected chi connectivity index (χ1v) is 8.54. The summed E-state index contributed by atoms with van der Waals surface area (Å²) in [5, 5.41) is 22.9. The van der Waals surface area contributed by atoms with E-state index in [-0.39, 0.29) is 16.3 Å². The highest BCUT2D eigenvalue weighted by Gasteiger charge is 2.35. The molecule has 1 saturated carbocycles. The van der Waals surface area contributed by atoms with Crippen LogP contribution in [0.25, 0.3) is 0 Å². The van der Waals surface area contributed by atoms with Crippen LogP contribution >= 0.6 is 11.6 Å².